The van der Waals surface area contributed by atoms with Crippen molar-refractivity contribution in [3.05, 3.63) is 0 Å². The van der Waals surface area contributed by atoms with Crippen LogP contribution in [0.25, 0.3) is 0 Å². The van der Waals surface area contributed by atoms with Crippen molar-refractivity contribution in [1.82, 2.24) is 5.32 Å². The molecule has 0 unspecified atom stereocenters. The van der Waals surface area contributed by atoms with Crippen LogP contribution in [0.15, 0.2) is 0 Å². The second kappa shape index (κ2) is 10.4. The summed E-state index contributed by atoms with van der Waals surface area (Å²) in [6, 6.07) is 0. The quantitative estimate of drug-likeness (QED) is 0.409. The summed E-state index contributed by atoms with van der Waals surface area (Å²) in [7, 11) is 1.89. The predicted molar refractivity (Wildman–Crippen MR) is 57.2 cm³/mol. The molecule has 0 aliphatic carbocycles. The van der Waals surface area contributed by atoms with Gasteiger partial charge in [0.2, 0.25) is 0 Å². The minimum atomic E-state index is -1.10. The molecule has 0 aliphatic heterocycles. The fourth-order valence-corrected chi connectivity index (χ4v) is 1.03. The Labute approximate surface area is 94.9 Å². The highest BCUT2D eigenvalue weighted by atomic mass is 16.6. The van der Waals surface area contributed by atoms with Gasteiger partial charge in [0.25, 0.3) is 0 Å². The lowest BCUT2D eigenvalue weighted by atomic mass is 10.2. The summed E-state index contributed by atoms with van der Waals surface area (Å²) in [6.45, 7) is 0.536. The largest absolute Gasteiger partial charge is 0.480 e. The second-order valence-corrected chi connectivity index (χ2v) is 3.27. The molecule has 0 heterocycles. The molecule has 16 heavy (non-hydrogen) atoms. The Morgan fingerprint density at radius 3 is 2.56 bits per heavy atom. The fraction of sp³-hybridized carbons (Fsp3) is 0.800. The van der Waals surface area contributed by atoms with E-state index in [0.29, 0.717) is 6.61 Å². The summed E-state index contributed by atoms with van der Waals surface area (Å²) >= 11 is 0. The van der Waals surface area contributed by atoms with E-state index in [9.17, 15) is 9.59 Å². The molecule has 0 radical (unpaired) electrons. The summed E-state index contributed by atoms with van der Waals surface area (Å²) in [5.41, 5.74) is 0. The van der Waals surface area contributed by atoms with Crippen LogP contribution in [0.1, 0.15) is 19.3 Å². The molecule has 6 nitrogen and oxygen atoms in total. The molecule has 0 fully saturated rings. The molecule has 0 saturated heterocycles. The SMILES string of the molecule is CNCCCCCOC(=O)COCC(=O)O. The molecule has 0 spiro atoms. The number of carboxylic acid groups (broad SMARTS) is 1. The van der Waals surface area contributed by atoms with Crippen LogP contribution in [-0.4, -0.2) is 50.5 Å². The van der Waals surface area contributed by atoms with Gasteiger partial charge in [-0.1, -0.05) is 0 Å². The number of aliphatic carboxylic acids is 1. The van der Waals surface area contributed by atoms with Crippen LogP contribution in [-0.2, 0) is 19.1 Å². The van der Waals surface area contributed by atoms with Gasteiger partial charge in [-0.2, -0.15) is 0 Å². The van der Waals surface area contributed by atoms with E-state index >= 15 is 0 Å². The van der Waals surface area contributed by atoms with Crippen molar-refractivity contribution in [1.29, 1.82) is 0 Å². The van der Waals surface area contributed by atoms with Gasteiger partial charge in [-0.3, -0.25) is 0 Å². The topological polar surface area (TPSA) is 84.9 Å². The standard InChI is InChI=1S/C10H19NO5/c1-11-5-3-2-4-6-16-10(14)8-15-7-9(12)13/h11H,2-8H2,1H3,(H,12,13). The normalized spacial score (nSPS) is 10.1. The van der Waals surface area contributed by atoms with E-state index < -0.39 is 18.5 Å². The monoisotopic (exact) mass is 233 g/mol. The van der Waals surface area contributed by atoms with E-state index in [0.717, 1.165) is 25.8 Å². The highest BCUT2D eigenvalue weighted by Crippen LogP contribution is 1.95. The van der Waals surface area contributed by atoms with Crippen LogP contribution >= 0.6 is 0 Å². The van der Waals surface area contributed by atoms with Crippen molar-refractivity contribution in [2.24, 2.45) is 0 Å². The summed E-state index contributed by atoms with van der Waals surface area (Å²) in [6.07, 6.45) is 2.85. The summed E-state index contributed by atoms with van der Waals surface area (Å²) in [5, 5.41) is 11.3. The summed E-state index contributed by atoms with van der Waals surface area (Å²) in [5.74, 6) is -1.62. The van der Waals surface area contributed by atoms with Crippen molar-refractivity contribution in [2.45, 2.75) is 19.3 Å². The molecule has 6 heteroatoms. The lowest BCUT2D eigenvalue weighted by Gasteiger charge is -2.04. The van der Waals surface area contributed by atoms with Gasteiger partial charge in [-0.15, -0.1) is 0 Å². The minimum absolute atomic E-state index is 0.303. The van der Waals surface area contributed by atoms with Crippen molar-refractivity contribution in [3.63, 3.8) is 0 Å². The van der Waals surface area contributed by atoms with Gasteiger partial charge < -0.3 is 19.9 Å². The van der Waals surface area contributed by atoms with E-state index in [2.05, 4.69) is 10.1 Å². The van der Waals surface area contributed by atoms with Gasteiger partial charge in [0.1, 0.15) is 13.2 Å². The third-order valence-electron chi connectivity index (χ3n) is 1.78. The van der Waals surface area contributed by atoms with E-state index in [4.69, 9.17) is 9.84 Å². The molecule has 0 aromatic heterocycles. The summed E-state index contributed by atoms with van der Waals surface area (Å²) in [4.78, 5) is 21.0. The van der Waals surface area contributed by atoms with E-state index in [1.165, 1.54) is 0 Å². The molecule has 0 aromatic rings. The smallest absolute Gasteiger partial charge is 0.332 e. The molecule has 0 saturated carbocycles. The Hall–Kier alpha value is -1.14. The first-order chi connectivity index (χ1) is 7.66. The number of nitrogens with one attached hydrogen (secondary N) is 1. The Balaban J connectivity index is 3.20. The highest BCUT2D eigenvalue weighted by Gasteiger charge is 2.04. The highest BCUT2D eigenvalue weighted by molar-refractivity contribution is 5.72. The zero-order valence-electron chi connectivity index (χ0n) is 9.53. The average Bonchev–Trinajstić information content (AvgIpc) is 2.22. The number of hydrogen-bond donors (Lipinski definition) is 2. The first-order valence-electron chi connectivity index (χ1n) is 5.26. The average molecular weight is 233 g/mol. The number of carboxylic acids is 1. The maximum Gasteiger partial charge on any atom is 0.332 e. The lowest BCUT2D eigenvalue weighted by Crippen LogP contribution is -2.17. The van der Waals surface area contributed by atoms with Crippen LogP contribution in [0.2, 0.25) is 0 Å². The lowest BCUT2D eigenvalue weighted by molar-refractivity contribution is -0.152. The van der Waals surface area contributed by atoms with Crippen LogP contribution in [0, 0.1) is 0 Å². The Morgan fingerprint density at radius 1 is 1.19 bits per heavy atom. The zero-order chi connectivity index (χ0) is 12.2. The van der Waals surface area contributed by atoms with Crippen LogP contribution in [0.5, 0.6) is 0 Å². The van der Waals surface area contributed by atoms with Crippen molar-refractivity contribution in [2.75, 3.05) is 33.4 Å². The third kappa shape index (κ3) is 10.9. The zero-order valence-corrected chi connectivity index (χ0v) is 9.53. The molecule has 0 bridgehead atoms. The predicted octanol–water partition coefficient (Wildman–Crippen LogP) is 0.0205. The van der Waals surface area contributed by atoms with Crippen molar-refractivity contribution < 1.29 is 24.2 Å². The molecule has 0 rings (SSSR count). The number of unbranched alkanes of at least 4 members (excludes halogenated alkanes) is 2. The second-order valence-electron chi connectivity index (χ2n) is 3.27. The molecule has 0 amide bonds. The first kappa shape index (κ1) is 14.9. The molecular formula is C10H19NO5. The van der Waals surface area contributed by atoms with Crippen molar-refractivity contribution >= 4 is 11.9 Å². The number of esters is 1. The Bertz CT molecular complexity index is 207. The van der Waals surface area contributed by atoms with E-state index in [-0.39, 0.29) is 6.61 Å². The van der Waals surface area contributed by atoms with E-state index in [1.807, 2.05) is 7.05 Å². The maximum atomic E-state index is 11.0. The van der Waals surface area contributed by atoms with Crippen LogP contribution < -0.4 is 5.32 Å². The Morgan fingerprint density at radius 2 is 1.94 bits per heavy atom. The van der Waals surface area contributed by atoms with Gasteiger partial charge in [0, 0.05) is 0 Å². The number of carbonyl (C=O) groups excluding carboxylic acids is 1. The van der Waals surface area contributed by atoms with E-state index in [1.54, 1.807) is 0 Å². The first-order valence-corrected chi connectivity index (χ1v) is 5.26. The van der Waals surface area contributed by atoms with Gasteiger partial charge in [0.15, 0.2) is 0 Å². The summed E-state index contributed by atoms with van der Waals surface area (Å²) < 4.78 is 9.40. The molecule has 94 valence electrons. The maximum absolute atomic E-state index is 11.0. The number of hydrogen-bond acceptors (Lipinski definition) is 5. The van der Waals surface area contributed by atoms with Crippen LogP contribution in [0.3, 0.4) is 0 Å². The number of rotatable bonds is 10. The van der Waals surface area contributed by atoms with Gasteiger partial charge in [-0.05, 0) is 32.9 Å². The minimum Gasteiger partial charge on any atom is -0.480 e. The van der Waals surface area contributed by atoms with Crippen LogP contribution in [0.4, 0.5) is 0 Å². The van der Waals surface area contributed by atoms with Gasteiger partial charge in [0.05, 0.1) is 6.61 Å². The molecule has 0 aliphatic rings. The number of ether oxygens (including phenoxy) is 2. The molecule has 0 aromatic carbocycles. The fourth-order valence-electron chi connectivity index (χ4n) is 1.03. The van der Waals surface area contributed by atoms with Gasteiger partial charge in [-0.25, -0.2) is 9.59 Å². The molecule has 0 atom stereocenters. The van der Waals surface area contributed by atoms with Gasteiger partial charge >= 0.3 is 11.9 Å². The Kier molecular flexibility index (Phi) is 9.64. The third-order valence-corrected chi connectivity index (χ3v) is 1.78. The molecule has 2 N–H and O–H groups in total. The van der Waals surface area contributed by atoms with Crippen molar-refractivity contribution in [3.8, 4) is 0 Å². The molecular weight excluding hydrogens is 214 g/mol. The number of carbonyl (C=O) groups is 2.